The zero-order valence-corrected chi connectivity index (χ0v) is 14.4. The summed E-state index contributed by atoms with van der Waals surface area (Å²) in [5, 5.41) is 11.9. The summed E-state index contributed by atoms with van der Waals surface area (Å²) in [7, 11) is 2.93. The highest BCUT2D eigenvalue weighted by molar-refractivity contribution is 5.98. The Balaban J connectivity index is 2.31. The Hall–Kier alpha value is -3.02. The highest BCUT2D eigenvalue weighted by Gasteiger charge is 2.22. The molecular weight excluding hydrogens is 322 g/mol. The van der Waals surface area contributed by atoms with E-state index in [1.54, 1.807) is 18.2 Å². The van der Waals surface area contributed by atoms with Gasteiger partial charge in [0.15, 0.2) is 11.5 Å². The number of aliphatic carboxylic acids is 1. The van der Waals surface area contributed by atoms with E-state index in [0.717, 1.165) is 11.1 Å². The minimum absolute atomic E-state index is 0.221. The smallest absolute Gasteiger partial charge is 0.305 e. The molecule has 25 heavy (non-hydrogen) atoms. The zero-order chi connectivity index (χ0) is 18.4. The lowest BCUT2D eigenvalue weighted by Crippen LogP contribution is -2.30. The Morgan fingerprint density at radius 1 is 1.08 bits per heavy atom. The van der Waals surface area contributed by atoms with Crippen LogP contribution in [-0.4, -0.2) is 31.2 Å². The molecule has 0 aliphatic rings. The van der Waals surface area contributed by atoms with Gasteiger partial charge in [-0.3, -0.25) is 9.59 Å². The molecule has 1 amide bonds. The Kier molecular flexibility index (Phi) is 6.00. The molecule has 0 heterocycles. The average molecular weight is 343 g/mol. The number of carboxylic acid groups (broad SMARTS) is 1. The first-order valence-electron chi connectivity index (χ1n) is 7.76. The molecule has 0 aromatic heterocycles. The molecule has 2 N–H and O–H groups in total. The number of carboxylic acids is 1. The molecule has 1 atom stereocenters. The van der Waals surface area contributed by atoms with Gasteiger partial charge in [0.1, 0.15) is 0 Å². The van der Waals surface area contributed by atoms with Crippen molar-refractivity contribution >= 4 is 11.9 Å². The lowest BCUT2D eigenvalue weighted by Gasteiger charge is -2.19. The van der Waals surface area contributed by atoms with Gasteiger partial charge < -0.3 is 19.9 Å². The number of methoxy groups -OCH3 is 2. The standard InChI is InChI=1S/C19H21NO5/c1-12-7-9-13(10-8-12)15(11-17(21)22)20-19(23)14-5-4-6-16(24-2)18(14)25-3/h4-10,15H,11H2,1-3H3,(H,20,23)(H,21,22)/t15-/m1/s1. The molecule has 0 bridgehead atoms. The van der Waals surface area contributed by atoms with Crippen LogP contribution in [0.15, 0.2) is 42.5 Å². The van der Waals surface area contributed by atoms with Gasteiger partial charge >= 0.3 is 5.97 Å². The van der Waals surface area contributed by atoms with Crippen molar-refractivity contribution in [3.8, 4) is 11.5 Å². The van der Waals surface area contributed by atoms with E-state index in [4.69, 9.17) is 9.47 Å². The molecule has 0 aliphatic heterocycles. The fraction of sp³-hybridized carbons (Fsp3) is 0.263. The molecule has 6 nitrogen and oxygen atoms in total. The maximum absolute atomic E-state index is 12.7. The summed E-state index contributed by atoms with van der Waals surface area (Å²) in [4.78, 5) is 23.9. The van der Waals surface area contributed by atoms with Gasteiger partial charge in [-0.05, 0) is 24.6 Å². The molecule has 0 aliphatic carbocycles. The van der Waals surface area contributed by atoms with Crippen LogP contribution in [0.5, 0.6) is 11.5 Å². The third kappa shape index (κ3) is 4.50. The number of amides is 1. The van der Waals surface area contributed by atoms with E-state index in [1.807, 2.05) is 31.2 Å². The number of benzene rings is 2. The Morgan fingerprint density at radius 2 is 1.76 bits per heavy atom. The molecule has 0 unspecified atom stereocenters. The number of hydrogen-bond donors (Lipinski definition) is 2. The first-order valence-corrected chi connectivity index (χ1v) is 7.76. The van der Waals surface area contributed by atoms with Crippen LogP contribution in [0.1, 0.15) is 33.9 Å². The van der Waals surface area contributed by atoms with Crippen molar-refractivity contribution < 1.29 is 24.2 Å². The summed E-state index contributed by atoms with van der Waals surface area (Å²) < 4.78 is 10.5. The summed E-state index contributed by atoms with van der Waals surface area (Å²) in [5.74, 6) is -0.688. The number of para-hydroxylation sites is 1. The maximum Gasteiger partial charge on any atom is 0.305 e. The number of rotatable bonds is 7. The lowest BCUT2D eigenvalue weighted by atomic mass is 10.0. The first-order chi connectivity index (χ1) is 12.0. The van der Waals surface area contributed by atoms with E-state index < -0.39 is 17.9 Å². The van der Waals surface area contributed by atoms with Crippen LogP contribution in [0.2, 0.25) is 0 Å². The first kappa shape index (κ1) is 18.3. The fourth-order valence-electron chi connectivity index (χ4n) is 2.53. The van der Waals surface area contributed by atoms with E-state index in [1.165, 1.54) is 14.2 Å². The van der Waals surface area contributed by atoms with Crippen molar-refractivity contribution in [1.82, 2.24) is 5.32 Å². The third-order valence-corrected chi connectivity index (χ3v) is 3.81. The van der Waals surface area contributed by atoms with Gasteiger partial charge in [-0.25, -0.2) is 0 Å². The number of hydrogen-bond acceptors (Lipinski definition) is 4. The zero-order valence-electron chi connectivity index (χ0n) is 14.4. The summed E-state index contributed by atoms with van der Waals surface area (Å²) in [6.45, 7) is 1.94. The van der Waals surface area contributed by atoms with Crippen LogP contribution in [0.25, 0.3) is 0 Å². The molecule has 132 valence electrons. The number of carbonyl (C=O) groups is 2. The maximum atomic E-state index is 12.7. The largest absolute Gasteiger partial charge is 0.493 e. The predicted molar refractivity (Wildman–Crippen MR) is 93.2 cm³/mol. The monoisotopic (exact) mass is 343 g/mol. The van der Waals surface area contributed by atoms with Crippen LogP contribution in [0.4, 0.5) is 0 Å². The van der Waals surface area contributed by atoms with Crippen molar-refractivity contribution in [2.75, 3.05) is 14.2 Å². The lowest BCUT2D eigenvalue weighted by molar-refractivity contribution is -0.137. The molecule has 6 heteroatoms. The molecule has 0 saturated carbocycles. The minimum atomic E-state index is -0.997. The second-order valence-electron chi connectivity index (χ2n) is 5.58. The Bertz CT molecular complexity index is 755. The van der Waals surface area contributed by atoms with Gasteiger partial charge in [-0.1, -0.05) is 35.9 Å². The van der Waals surface area contributed by atoms with E-state index in [9.17, 15) is 14.7 Å². The second kappa shape index (κ2) is 8.19. The predicted octanol–water partition coefficient (Wildman–Crippen LogP) is 2.96. The summed E-state index contributed by atoms with van der Waals surface area (Å²) >= 11 is 0. The van der Waals surface area contributed by atoms with Crippen LogP contribution in [0.3, 0.4) is 0 Å². The van der Waals surface area contributed by atoms with Crippen molar-refractivity contribution in [1.29, 1.82) is 0 Å². The van der Waals surface area contributed by atoms with Crippen LogP contribution >= 0.6 is 0 Å². The molecule has 2 aromatic carbocycles. The van der Waals surface area contributed by atoms with Gasteiger partial charge in [0.2, 0.25) is 0 Å². The highest BCUT2D eigenvalue weighted by Crippen LogP contribution is 2.31. The molecular formula is C19H21NO5. The van der Waals surface area contributed by atoms with E-state index in [0.29, 0.717) is 11.5 Å². The van der Waals surface area contributed by atoms with Gasteiger partial charge in [0.25, 0.3) is 5.91 Å². The van der Waals surface area contributed by atoms with Crippen LogP contribution < -0.4 is 14.8 Å². The van der Waals surface area contributed by atoms with Gasteiger partial charge in [-0.15, -0.1) is 0 Å². The molecule has 0 fully saturated rings. The molecule has 0 spiro atoms. The fourth-order valence-corrected chi connectivity index (χ4v) is 2.53. The normalized spacial score (nSPS) is 11.5. The van der Waals surface area contributed by atoms with Gasteiger partial charge in [0.05, 0.1) is 32.2 Å². The van der Waals surface area contributed by atoms with Crippen molar-refractivity contribution in [3.63, 3.8) is 0 Å². The number of nitrogens with one attached hydrogen (secondary N) is 1. The number of ether oxygens (including phenoxy) is 2. The second-order valence-corrected chi connectivity index (χ2v) is 5.58. The number of aryl methyl sites for hydroxylation is 1. The number of carbonyl (C=O) groups excluding carboxylic acids is 1. The quantitative estimate of drug-likeness (QED) is 0.807. The van der Waals surface area contributed by atoms with E-state index in [2.05, 4.69) is 5.32 Å². The average Bonchev–Trinajstić information content (AvgIpc) is 2.60. The van der Waals surface area contributed by atoms with Crippen molar-refractivity contribution in [2.45, 2.75) is 19.4 Å². The Labute approximate surface area is 146 Å². The van der Waals surface area contributed by atoms with Crippen LogP contribution in [0, 0.1) is 6.92 Å². The van der Waals surface area contributed by atoms with E-state index in [-0.39, 0.29) is 12.0 Å². The summed E-state index contributed by atoms with van der Waals surface area (Å²) in [6.07, 6.45) is -0.221. The van der Waals surface area contributed by atoms with Gasteiger partial charge in [0, 0.05) is 0 Å². The Morgan fingerprint density at radius 3 is 2.32 bits per heavy atom. The van der Waals surface area contributed by atoms with Crippen LogP contribution in [-0.2, 0) is 4.79 Å². The third-order valence-electron chi connectivity index (χ3n) is 3.81. The molecule has 0 radical (unpaired) electrons. The van der Waals surface area contributed by atoms with E-state index >= 15 is 0 Å². The van der Waals surface area contributed by atoms with Crippen molar-refractivity contribution in [3.05, 3.63) is 59.2 Å². The molecule has 0 saturated heterocycles. The topological polar surface area (TPSA) is 84.9 Å². The summed E-state index contributed by atoms with van der Waals surface area (Å²) in [6, 6.07) is 11.7. The minimum Gasteiger partial charge on any atom is -0.493 e. The SMILES string of the molecule is COc1cccc(C(=O)N[C@H](CC(=O)O)c2ccc(C)cc2)c1OC. The summed E-state index contributed by atoms with van der Waals surface area (Å²) in [5.41, 5.74) is 2.06. The molecule has 2 aromatic rings. The van der Waals surface area contributed by atoms with Gasteiger partial charge in [-0.2, -0.15) is 0 Å². The molecule has 2 rings (SSSR count). The van der Waals surface area contributed by atoms with Crippen molar-refractivity contribution in [2.24, 2.45) is 0 Å². The highest BCUT2D eigenvalue weighted by atomic mass is 16.5.